The fourth-order valence-corrected chi connectivity index (χ4v) is 3.79. The normalized spacial score (nSPS) is 25.0. The Balaban J connectivity index is 1.91. The minimum atomic E-state index is -3.18. The summed E-state index contributed by atoms with van der Waals surface area (Å²) in [7, 11) is -3.18. The molecule has 0 aliphatic carbocycles. The number of sulfonamides is 1. The van der Waals surface area contributed by atoms with Crippen molar-refractivity contribution < 1.29 is 18.0 Å². The van der Waals surface area contributed by atoms with Gasteiger partial charge in [-0.3, -0.25) is 9.59 Å². The molecule has 2 aliphatic heterocycles. The van der Waals surface area contributed by atoms with Crippen LogP contribution in [0.2, 0.25) is 0 Å². The first-order valence-electron chi connectivity index (χ1n) is 7.28. The molecule has 7 nitrogen and oxygen atoms in total. The first kappa shape index (κ1) is 16.2. The highest BCUT2D eigenvalue weighted by Crippen LogP contribution is 2.20. The monoisotopic (exact) mass is 317 g/mol. The fraction of sp³-hybridized carbons (Fsp3) is 0.846. The van der Waals surface area contributed by atoms with Crippen LogP contribution in [0.1, 0.15) is 19.8 Å². The number of piperazine rings is 1. The highest BCUT2D eigenvalue weighted by molar-refractivity contribution is 7.88. The highest BCUT2D eigenvalue weighted by atomic mass is 32.2. The first-order valence-corrected chi connectivity index (χ1v) is 9.13. The summed E-state index contributed by atoms with van der Waals surface area (Å²) in [5.74, 6) is -0.0871. The lowest BCUT2D eigenvalue weighted by molar-refractivity contribution is -0.141. The van der Waals surface area contributed by atoms with Crippen LogP contribution in [0.25, 0.3) is 0 Å². The van der Waals surface area contributed by atoms with E-state index in [4.69, 9.17) is 0 Å². The molecule has 8 heteroatoms. The number of hydrogen-bond donors (Lipinski definition) is 0. The molecule has 1 unspecified atom stereocenters. The molecule has 0 aromatic carbocycles. The van der Waals surface area contributed by atoms with Gasteiger partial charge in [-0.2, -0.15) is 4.31 Å². The van der Waals surface area contributed by atoms with Crippen molar-refractivity contribution in [2.45, 2.75) is 19.8 Å². The Kier molecular flexibility index (Phi) is 4.88. The summed E-state index contributed by atoms with van der Waals surface area (Å²) in [6.07, 6.45) is 2.84. The molecule has 2 amide bonds. The van der Waals surface area contributed by atoms with Crippen LogP contribution in [-0.4, -0.2) is 79.9 Å². The number of likely N-dealkylation sites (tertiary alicyclic amines) is 1. The molecule has 0 radical (unpaired) electrons. The van der Waals surface area contributed by atoms with E-state index in [2.05, 4.69) is 0 Å². The summed E-state index contributed by atoms with van der Waals surface area (Å²) in [5, 5.41) is 0. The molecular formula is C13H23N3O4S. The minimum absolute atomic E-state index is 0.00870. The van der Waals surface area contributed by atoms with Gasteiger partial charge in [0.15, 0.2) is 0 Å². The molecule has 0 aromatic rings. The summed E-state index contributed by atoms with van der Waals surface area (Å²) in [5.41, 5.74) is 0. The van der Waals surface area contributed by atoms with Crippen LogP contribution >= 0.6 is 0 Å². The molecule has 120 valence electrons. The van der Waals surface area contributed by atoms with Crippen LogP contribution in [-0.2, 0) is 19.6 Å². The molecule has 1 atom stereocenters. The van der Waals surface area contributed by atoms with Crippen LogP contribution in [0.5, 0.6) is 0 Å². The summed E-state index contributed by atoms with van der Waals surface area (Å²) in [4.78, 5) is 27.4. The molecule has 2 heterocycles. The lowest BCUT2D eigenvalue weighted by Gasteiger charge is -2.38. The predicted molar refractivity (Wildman–Crippen MR) is 78.0 cm³/mol. The lowest BCUT2D eigenvalue weighted by atomic mass is 9.96. The first-order chi connectivity index (χ1) is 9.79. The number of carbonyl (C=O) groups excluding carboxylic acids is 2. The van der Waals surface area contributed by atoms with Crippen LogP contribution < -0.4 is 0 Å². The third-order valence-electron chi connectivity index (χ3n) is 4.24. The van der Waals surface area contributed by atoms with Crippen LogP contribution in [0, 0.1) is 5.92 Å². The second-order valence-corrected chi connectivity index (χ2v) is 7.77. The van der Waals surface area contributed by atoms with E-state index < -0.39 is 10.0 Å². The van der Waals surface area contributed by atoms with E-state index in [0.29, 0.717) is 32.7 Å². The minimum Gasteiger partial charge on any atom is -0.342 e. The van der Waals surface area contributed by atoms with Crippen molar-refractivity contribution in [3.8, 4) is 0 Å². The van der Waals surface area contributed by atoms with Crippen molar-refractivity contribution in [2.24, 2.45) is 5.92 Å². The van der Waals surface area contributed by atoms with Crippen molar-refractivity contribution in [1.29, 1.82) is 0 Å². The van der Waals surface area contributed by atoms with E-state index in [1.54, 1.807) is 9.80 Å². The van der Waals surface area contributed by atoms with E-state index in [9.17, 15) is 18.0 Å². The van der Waals surface area contributed by atoms with Crippen molar-refractivity contribution in [1.82, 2.24) is 14.1 Å². The van der Waals surface area contributed by atoms with E-state index >= 15 is 0 Å². The Labute approximate surface area is 125 Å². The Bertz CT molecular complexity index is 512. The molecule has 2 rings (SSSR count). The van der Waals surface area contributed by atoms with E-state index in [1.807, 2.05) is 0 Å². The predicted octanol–water partition coefficient (Wildman–Crippen LogP) is -0.651. The molecule has 0 N–H and O–H groups in total. The number of nitrogens with zero attached hydrogens (tertiary/aromatic N) is 3. The Morgan fingerprint density at radius 3 is 2.14 bits per heavy atom. The SMILES string of the molecule is CC(=O)N1CCCC(C(=O)N2CCN(S(C)(=O)=O)CC2)C1. The average molecular weight is 317 g/mol. The quantitative estimate of drug-likeness (QED) is 0.678. The number of rotatable bonds is 2. The molecule has 2 aliphatic rings. The van der Waals surface area contributed by atoms with Gasteiger partial charge >= 0.3 is 0 Å². The van der Waals surface area contributed by atoms with Crippen LogP contribution in [0.4, 0.5) is 0 Å². The molecule has 21 heavy (non-hydrogen) atoms. The summed E-state index contributed by atoms with van der Waals surface area (Å²) in [6, 6.07) is 0. The van der Waals surface area contributed by atoms with Gasteiger partial charge in [-0.25, -0.2) is 8.42 Å². The van der Waals surface area contributed by atoms with E-state index in [1.165, 1.54) is 17.5 Å². The van der Waals surface area contributed by atoms with Gasteiger partial charge in [0.05, 0.1) is 12.2 Å². The van der Waals surface area contributed by atoms with Crippen molar-refractivity contribution in [2.75, 3.05) is 45.5 Å². The summed E-state index contributed by atoms with van der Waals surface area (Å²) >= 11 is 0. The average Bonchev–Trinajstić information content (AvgIpc) is 2.46. The molecule has 0 spiro atoms. The van der Waals surface area contributed by atoms with Gasteiger partial charge in [0.1, 0.15) is 0 Å². The molecule has 0 bridgehead atoms. The molecule has 0 aromatic heterocycles. The smallest absolute Gasteiger partial charge is 0.227 e. The van der Waals surface area contributed by atoms with Gasteiger partial charge in [-0.05, 0) is 12.8 Å². The van der Waals surface area contributed by atoms with Gasteiger partial charge < -0.3 is 9.80 Å². The molecule has 2 saturated heterocycles. The maximum Gasteiger partial charge on any atom is 0.227 e. The van der Waals surface area contributed by atoms with Crippen LogP contribution in [0.15, 0.2) is 0 Å². The standard InChI is InChI=1S/C13H23N3O4S/c1-11(17)15-5-3-4-12(10-15)13(18)14-6-8-16(9-7-14)21(2,19)20/h12H,3-10H2,1-2H3. The van der Waals surface area contributed by atoms with Crippen molar-refractivity contribution in [3.05, 3.63) is 0 Å². The lowest BCUT2D eigenvalue weighted by Crippen LogP contribution is -2.53. The number of carbonyl (C=O) groups is 2. The van der Waals surface area contributed by atoms with Gasteiger partial charge in [0.25, 0.3) is 0 Å². The van der Waals surface area contributed by atoms with Gasteiger partial charge in [0.2, 0.25) is 21.8 Å². The fourth-order valence-electron chi connectivity index (χ4n) is 2.96. The zero-order valence-electron chi connectivity index (χ0n) is 12.6. The topological polar surface area (TPSA) is 78.0 Å². The maximum atomic E-state index is 12.5. The highest BCUT2D eigenvalue weighted by Gasteiger charge is 2.33. The van der Waals surface area contributed by atoms with Gasteiger partial charge in [-0.1, -0.05) is 0 Å². The number of piperidine rings is 1. The van der Waals surface area contributed by atoms with Crippen molar-refractivity contribution in [3.63, 3.8) is 0 Å². The number of amides is 2. The number of hydrogen-bond acceptors (Lipinski definition) is 4. The van der Waals surface area contributed by atoms with E-state index in [-0.39, 0.29) is 17.7 Å². The molecule has 0 saturated carbocycles. The zero-order valence-corrected chi connectivity index (χ0v) is 13.4. The molecular weight excluding hydrogens is 294 g/mol. The third-order valence-corrected chi connectivity index (χ3v) is 5.54. The third kappa shape index (κ3) is 3.94. The Morgan fingerprint density at radius 1 is 1.00 bits per heavy atom. The Morgan fingerprint density at radius 2 is 1.62 bits per heavy atom. The summed E-state index contributed by atoms with van der Waals surface area (Å²) < 4.78 is 24.3. The summed E-state index contributed by atoms with van der Waals surface area (Å²) in [6.45, 7) is 4.31. The van der Waals surface area contributed by atoms with E-state index in [0.717, 1.165) is 19.4 Å². The molecule has 2 fully saturated rings. The van der Waals surface area contributed by atoms with Gasteiger partial charge in [0, 0.05) is 46.2 Å². The van der Waals surface area contributed by atoms with Gasteiger partial charge in [-0.15, -0.1) is 0 Å². The van der Waals surface area contributed by atoms with Crippen LogP contribution in [0.3, 0.4) is 0 Å². The van der Waals surface area contributed by atoms with Crippen molar-refractivity contribution >= 4 is 21.8 Å². The second kappa shape index (κ2) is 6.31. The Hall–Kier alpha value is -1.15. The zero-order chi connectivity index (χ0) is 15.6. The largest absolute Gasteiger partial charge is 0.342 e. The maximum absolute atomic E-state index is 12.5. The second-order valence-electron chi connectivity index (χ2n) is 5.79.